The molecule has 5 heteroatoms. The summed E-state index contributed by atoms with van der Waals surface area (Å²) in [5.41, 5.74) is 2.03. The van der Waals surface area contributed by atoms with E-state index in [2.05, 4.69) is 10.3 Å². The fraction of sp³-hybridized carbons (Fsp3) is 0.312. The van der Waals surface area contributed by atoms with E-state index < -0.39 is 0 Å². The number of nitrogens with zero attached hydrogens (tertiary/aromatic N) is 1. The second-order valence-corrected chi connectivity index (χ2v) is 5.39. The van der Waals surface area contributed by atoms with Crippen LogP contribution in [0.4, 0.5) is 4.39 Å². The van der Waals surface area contributed by atoms with E-state index in [9.17, 15) is 9.18 Å². The molecule has 0 radical (unpaired) electrons. The molecule has 0 bridgehead atoms. The predicted octanol–water partition coefficient (Wildman–Crippen LogP) is 2.22. The largest absolute Gasteiger partial charge is 0.364 e. The van der Waals surface area contributed by atoms with Crippen molar-refractivity contribution in [1.82, 2.24) is 15.2 Å². The number of aromatic amines is 1. The van der Waals surface area contributed by atoms with Crippen molar-refractivity contribution in [2.24, 2.45) is 0 Å². The zero-order valence-electron chi connectivity index (χ0n) is 11.8. The van der Waals surface area contributed by atoms with Gasteiger partial charge in [-0.15, -0.1) is 0 Å². The molecule has 21 heavy (non-hydrogen) atoms. The van der Waals surface area contributed by atoms with Gasteiger partial charge in [0.2, 0.25) is 5.91 Å². The normalized spacial score (nSPS) is 22.0. The van der Waals surface area contributed by atoms with E-state index in [4.69, 9.17) is 0 Å². The van der Waals surface area contributed by atoms with Gasteiger partial charge in [-0.1, -0.05) is 12.1 Å². The SMILES string of the molecule is CN1C(=O)CC(NCc2ccc[nH]2)C1c1ccc(F)cc1. The van der Waals surface area contributed by atoms with Gasteiger partial charge in [-0.05, 0) is 29.8 Å². The zero-order chi connectivity index (χ0) is 14.8. The maximum atomic E-state index is 13.1. The van der Waals surface area contributed by atoms with Crippen LogP contribution in [0.2, 0.25) is 0 Å². The van der Waals surface area contributed by atoms with Crippen LogP contribution in [0.25, 0.3) is 0 Å². The van der Waals surface area contributed by atoms with Gasteiger partial charge in [0.15, 0.2) is 0 Å². The Kier molecular flexibility index (Phi) is 3.75. The number of amides is 1. The number of H-pyrrole nitrogens is 1. The summed E-state index contributed by atoms with van der Waals surface area (Å²) in [5.74, 6) is -0.157. The fourth-order valence-electron chi connectivity index (χ4n) is 2.89. The van der Waals surface area contributed by atoms with Crippen molar-refractivity contribution in [1.29, 1.82) is 0 Å². The maximum absolute atomic E-state index is 13.1. The number of aromatic nitrogens is 1. The molecule has 2 aromatic rings. The lowest BCUT2D eigenvalue weighted by Crippen LogP contribution is -2.34. The molecule has 1 aliphatic rings. The third-order valence-electron chi connectivity index (χ3n) is 4.01. The van der Waals surface area contributed by atoms with E-state index in [0.717, 1.165) is 11.3 Å². The van der Waals surface area contributed by atoms with Gasteiger partial charge in [0.25, 0.3) is 0 Å². The molecule has 2 atom stereocenters. The highest BCUT2D eigenvalue weighted by Crippen LogP contribution is 2.32. The molecule has 3 rings (SSSR count). The first kappa shape index (κ1) is 13.8. The average Bonchev–Trinajstić information content (AvgIpc) is 3.08. The molecule has 0 saturated carbocycles. The summed E-state index contributed by atoms with van der Waals surface area (Å²) >= 11 is 0. The topological polar surface area (TPSA) is 48.1 Å². The minimum absolute atomic E-state index is 0.0243. The monoisotopic (exact) mass is 287 g/mol. The van der Waals surface area contributed by atoms with Gasteiger partial charge < -0.3 is 15.2 Å². The second-order valence-electron chi connectivity index (χ2n) is 5.39. The number of likely N-dealkylation sites (N-methyl/N-ethyl adjacent to an activating group) is 1. The van der Waals surface area contributed by atoms with Crippen molar-refractivity contribution in [2.45, 2.75) is 25.0 Å². The molecule has 1 saturated heterocycles. The number of rotatable bonds is 4. The van der Waals surface area contributed by atoms with Crippen LogP contribution in [0.5, 0.6) is 0 Å². The van der Waals surface area contributed by atoms with Crippen LogP contribution < -0.4 is 5.32 Å². The Balaban J connectivity index is 1.77. The van der Waals surface area contributed by atoms with Crippen molar-refractivity contribution in [3.05, 3.63) is 59.7 Å². The molecule has 4 nitrogen and oxygen atoms in total. The number of nitrogens with one attached hydrogen (secondary N) is 2. The van der Waals surface area contributed by atoms with Gasteiger partial charge in [-0.2, -0.15) is 0 Å². The van der Waals surface area contributed by atoms with Crippen LogP contribution in [0, 0.1) is 5.82 Å². The molecule has 0 spiro atoms. The summed E-state index contributed by atoms with van der Waals surface area (Å²) in [7, 11) is 1.80. The van der Waals surface area contributed by atoms with E-state index in [1.807, 2.05) is 18.3 Å². The Morgan fingerprint density at radius 1 is 1.33 bits per heavy atom. The first-order valence-corrected chi connectivity index (χ1v) is 7.02. The maximum Gasteiger partial charge on any atom is 0.224 e. The van der Waals surface area contributed by atoms with Crippen LogP contribution in [0.1, 0.15) is 23.7 Å². The van der Waals surface area contributed by atoms with Crippen LogP contribution in [-0.2, 0) is 11.3 Å². The molecule has 2 unspecified atom stereocenters. The molecule has 1 aromatic heterocycles. The minimum Gasteiger partial charge on any atom is -0.364 e. The first-order valence-electron chi connectivity index (χ1n) is 7.02. The van der Waals surface area contributed by atoms with Gasteiger partial charge in [0.05, 0.1) is 6.04 Å². The third kappa shape index (κ3) is 2.83. The van der Waals surface area contributed by atoms with Crippen molar-refractivity contribution in [2.75, 3.05) is 7.05 Å². The Morgan fingerprint density at radius 3 is 2.76 bits per heavy atom. The summed E-state index contributed by atoms with van der Waals surface area (Å²) in [6.45, 7) is 0.677. The highest BCUT2D eigenvalue weighted by molar-refractivity contribution is 5.80. The van der Waals surface area contributed by atoms with E-state index in [1.54, 1.807) is 24.1 Å². The van der Waals surface area contributed by atoms with Crippen LogP contribution >= 0.6 is 0 Å². The average molecular weight is 287 g/mol. The van der Waals surface area contributed by atoms with E-state index in [-0.39, 0.29) is 23.8 Å². The van der Waals surface area contributed by atoms with Gasteiger partial charge >= 0.3 is 0 Å². The molecule has 1 aromatic carbocycles. The lowest BCUT2D eigenvalue weighted by molar-refractivity contribution is -0.127. The van der Waals surface area contributed by atoms with Crippen molar-refractivity contribution in [3.8, 4) is 0 Å². The van der Waals surface area contributed by atoms with Gasteiger partial charge in [0.1, 0.15) is 5.82 Å². The number of likely N-dealkylation sites (tertiary alicyclic amines) is 1. The number of benzene rings is 1. The Hall–Kier alpha value is -2.14. The first-order chi connectivity index (χ1) is 10.1. The van der Waals surface area contributed by atoms with Crippen molar-refractivity contribution in [3.63, 3.8) is 0 Å². The van der Waals surface area contributed by atoms with Gasteiger partial charge in [0, 0.05) is 37.9 Å². The molecule has 1 fully saturated rings. The molecule has 1 aliphatic heterocycles. The molecular formula is C16H18FN3O. The van der Waals surface area contributed by atoms with Crippen LogP contribution in [0.3, 0.4) is 0 Å². The number of carbonyl (C=O) groups is 1. The molecule has 0 aliphatic carbocycles. The zero-order valence-corrected chi connectivity index (χ0v) is 11.8. The van der Waals surface area contributed by atoms with Crippen molar-refractivity contribution >= 4 is 5.91 Å². The number of hydrogen-bond acceptors (Lipinski definition) is 2. The van der Waals surface area contributed by atoms with Crippen LogP contribution in [-0.4, -0.2) is 28.9 Å². The van der Waals surface area contributed by atoms with Crippen LogP contribution in [0.15, 0.2) is 42.6 Å². The molecule has 2 N–H and O–H groups in total. The number of carbonyl (C=O) groups excluding carboxylic acids is 1. The van der Waals surface area contributed by atoms with E-state index in [0.29, 0.717) is 13.0 Å². The van der Waals surface area contributed by atoms with Crippen molar-refractivity contribution < 1.29 is 9.18 Å². The summed E-state index contributed by atoms with van der Waals surface area (Å²) in [6.07, 6.45) is 2.33. The summed E-state index contributed by atoms with van der Waals surface area (Å²) < 4.78 is 13.1. The Morgan fingerprint density at radius 2 is 2.10 bits per heavy atom. The Labute approximate surface area is 123 Å². The molecule has 110 valence electrons. The minimum atomic E-state index is -0.262. The quantitative estimate of drug-likeness (QED) is 0.906. The predicted molar refractivity (Wildman–Crippen MR) is 77.9 cm³/mol. The van der Waals surface area contributed by atoms with E-state index >= 15 is 0 Å². The fourth-order valence-corrected chi connectivity index (χ4v) is 2.89. The summed E-state index contributed by atoms with van der Waals surface area (Å²) in [4.78, 5) is 16.9. The summed E-state index contributed by atoms with van der Waals surface area (Å²) in [5, 5.41) is 3.42. The van der Waals surface area contributed by atoms with Gasteiger partial charge in [-0.3, -0.25) is 4.79 Å². The smallest absolute Gasteiger partial charge is 0.224 e. The second kappa shape index (κ2) is 5.69. The number of hydrogen-bond donors (Lipinski definition) is 2. The highest BCUT2D eigenvalue weighted by Gasteiger charge is 2.38. The standard InChI is InChI=1S/C16H18FN3O/c1-20-15(21)9-14(19-10-13-3-2-8-18-13)16(20)11-4-6-12(17)7-5-11/h2-8,14,16,18-19H,9-10H2,1H3. The molecule has 2 heterocycles. The summed E-state index contributed by atoms with van der Waals surface area (Å²) in [6, 6.07) is 10.3. The molecule has 1 amide bonds. The highest BCUT2D eigenvalue weighted by atomic mass is 19.1. The third-order valence-corrected chi connectivity index (χ3v) is 4.01. The van der Waals surface area contributed by atoms with Gasteiger partial charge in [-0.25, -0.2) is 4.39 Å². The van der Waals surface area contributed by atoms with E-state index in [1.165, 1.54) is 12.1 Å². The lowest BCUT2D eigenvalue weighted by atomic mass is 10.00. The lowest BCUT2D eigenvalue weighted by Gasteiger charge is -2.26. The number of halogens is 1. The molecular weight excluding hydrogens is 269 g/mol. The Bertz CT molecular complexity index is 609.